The Bertz CT molecular complexity index is 315. The van der Waals surface area contributed by atoms with Crippen LogP contribution in [0.15, 0.2) is 0 Å². The number of carbonyl (C=O) groups excluding carboxylic acids is 1. The van der Waals surface area contributed by atoms with Crippen molar-refractivity contribution in [2.75, 3.05) is 32.8 Å². The largest absolute Gasteiger partial charge is 0.481 e. The van der Waals surface area contributed by atoms with Gasteiger partial charge in [-0.3, -0.25) is 9.59 Å². The molecule has 2 fully saturated rings. The summed E-state index contributed by atoms with van der Waals surface area (Å²) in [6, 6.07) is -0.314. The number of hydrogen-bond acceptors (Lipinski definition) is 4. The third-order valence-electron chi connectivity index (χ3n) is 3.57. The molecule has 1 amide bonds. The van der Waals surface area contributed by atoms with Crippen LogP contribution < -0.4 is 5.32 Å². The van der Waals surface area contributed by atoms with Gasteiger partial charge in [0.05, 0.1) is 31.6 Å². The van der Waals surface area contributed by atoms with Crippen molar-refractivity contribution in [3.63, 3.8) is 0 Å². The Morgan fingerprint density at radius 3 is 2.94 bits per heavy atom. The lowest BCUT2D eigenvalue weighted by Gasteiger charge is -2.37. The van der Waals surface area contributed by atoms with Crippen LogP contribution in [-0.2, 0) is 14.3 Å². The molecule has 2 aliphatic rings. The molecule has 2 heterocycles. The van der Waals surface area contributed by atoms with E-state index in [1.807, 2.05) is 0 Å². The van der Waals surface area contributed by atoms with E-state index >= 15 is 0 Å². The predicted molar refractivity (Wildman–Crippen MR) is 64.2 cm³/mol. The molecule has 1 unspecified atom stereocenters. The molecule has 6 nitrogen and oxygen atoms in total. The number of nitrogens with zero attached hydrogens (tertiary/aromatic N) is 1. The molecule has 0 aromatic carbocycles. The number of carboxylic acids is 1. The zero-order valence-electron chi connectivity index (χ0n) is 10.4. The van der Waals surface area contributed by atoms with Crippen LogP contribution in [0.25, 0.3) is 0 Å². The molecule has 2 atom stereocenters. The Hall–Kier alpha value is -1.14. The van der Waals surface area contributed by atoms with Crippen LogP contribution in [0.2, 0.25) is 0 Å². The summed E-state index contributed by atoms with van der Waals surface area (Å²) in [6.07, 6.45) is 1.86. The van der Waals surface area contributed by atoms with Crippen LogP contribution in [0.5, 0.6) is 0 Å². The maximum Gasteiger partial charge on any atom is 0.305 e. The van der Waals surface area contributed by atoms with Gasteiger partial charge in [0.1, 0.15) is 0 Å². The minimum absolute atomic E-state index is 0.00635. The average molecular weight is 256 g/mol. The van der Waals surface area contributed by atoms with Gasteiger partial charge in [-0.05, 0) is 19.4 Å². The fourth-order valence-corrected chi connectivity index (χ4v) is 2.61. The zero-order chi connectivity index (χ0) is 13.0. The van der Waals surface area contributed by atoms with Gasteiger partial charge in [-0.15, -0.1) is 0 Å². The monoisotopic (exact) mass is 256 g/mol. The highest BCUT2D eigenvalue weighted by atomic mass is 16.5. The predicted octanol–water partition coefficient (Wildman–Crippen LogP) is -0.312. The second-order valence-electron chi connectivity index (χ2n) is 4.90. The molecule has 102 valence electrons. The van der Waals surface area contributed by atoms with Gasteiger partial charge in [0, 0.05) is 13.1 Å². The normalized spacial score (nSPS) is 29.0. The van der Waals surface area contributed by atoms with Crippen LogP contribution in [-0.4, -0.2) is 60.8 Å². The summed E-state index contributed by atoms with van der Waals surface area (Å²) in [5, 5.41) is 12.1. The van der Waals surface area contributed by atoms with Crippen molar-refractivity contribution >= 4 is 11.9 Å². The maximum absolute atomic E-state index is 12.4. The summed E-state index contributed by atoms with van der Waals surface area (Å²) in [4.78, 5) is 24.9. The van der Waals surface area contributed by atoms with E-state index in [4.69, 9.17) is 9.84 Å². The summed E-state index contributed by atoms with van der Waals surface area (Å²) < 4.78 is 5.28. The lowest BCUT2D eigenvalue weighted by Crippen LogP contribution is -2.53. The Labute approximate surface area is 106 Å². The van der Waals surface area contributed by atoms with Crippen molar-refractivity contribution < 1.29 is 19.4 Å². The van der Waals surface area contributed by atoms with E-state index in [1.165, 1.54) is 0 Å². The van der Waals surface area contributed by atoms with E-state index in [9.17, 15) is 9.59 Å². The molecule has 2 saturated heterocycles. The smallest absolute Gasteiger partial charge is 0.305 e. The minimum atomic E-state index is -0.884. The van der Waals surface area contributed by atoms with E-state index in [1.54, 1.807) is 4.90 Å². The lowest BCUT2D eigenvalue weighted by atomic mass is 9.96. The summed E-state index contributed by atoms with van der Waals surface area (Å²) in [7, 11) is 0. The van der Waals surface area contributed by atoms with Gasteiger partial charge in [-0.1, -0.05) is 0 Å². The van der Waals surface area contributed by atoms with E-state index in [0.717, 1.165) is 19.4 Å². The fourth-order valence-electron chi connectivity index (χ4n) is 2.61. The molecule has 0 aliphatic carbocycles. The quantitative estimate of drug-likeness (QED) is 0.724. The highest BCUT2D eigenvalue weighted by Gasteiger charge is 2.33. The number of nitrogens with one attached hydrogen (secondary N) is 1. The van der Waals surface area contributed by atoms with Gasteiger partial charge >= 0.3 is 5.97 Å². The molecule has 18 heavy (non-hydrogen) atoms. The number of amides is 1. The highest BCUT2D eigenvalue weighted by Crippen LogP contribution is 2.18. The molecular weight excluding hydrogens is 236 g/mol. The molecule has 6 heteroatoms. The Morgan fingerprint density at radius 2 is 2.28 bits per heavy atom. The first-order valence-electron chi connectivity index (χ1n) is 6.49. The average Bonchev–Trinajstić information content (AvgIpc) is 2.39. The number of morpholine rings is 1. The van der Waals surface area contributed by atoms with Gasteiger partial charge < -0.3 is 20.1 Å². The van der Waals surface area contributed by atoms with Crippen molar-refractivity contribution in [2.45, 2.75) is 25.3 Å². The second-order valence-corrected chi connectivity index (χ2v) is 4.90. The molecule has 0 spiro atoms. The molecule has 0 bridgehead atoms. The zero-order valence-corrected chi connectivity index (χ0v) is 10.4. The van der Waals surface area contributed by atoms with Gasteiger partial charge in [-0.25, -0.2) is 0 Å². The number of aliphatic carboxylic acids is 1. The van der Waals surface area contributed by atoms with Crippen LogP contribution in [0.4, 0.5) is 0 Å². The third-order valence-corrected chi connectivity index (χ3v) is 3.57. The number of carbonyl (C=O) groups is 2. The van der Waals surface area contributed by atoms with Gasteiger partial charge in [0.2, 0.25) is 5.91 Å². The highest BCUT2D eigenvalue weighted by molar-refractivity contribution is 5.80. The van der Waals surface area contributed by atoms with Crippen LogP contribution in [0, 0.1) is 5.92 Å². The fraction of sp³-hybridized carbons (Fsp3) is 0.833. The summed E-state index contributed by atoms with van der Waals surface area (Å²) in [6.45, 7) is 3.01. The van der Waals surface area contributed by atoms with E-state index in [2.05, 4.69) is 5.32 Å². The summed E-state index contributed by atoms with van der Waals surface area (Å²) >= 11 is 0. The molecule has 0 saturated carbocycles. The van der Waals surface area contributed by atoms with Crippen molar-refractivity contribution in [1.29, 1.82) is 0 Å². The van der Waals surface area contributed by atoms with Crippen molar-refractivity contribution in [2.24, 2.45) is 5.92 Å². The van der Waals surface area contributed by atoms with Crippen molar-refractivity contribution in [3.05, 3.63) is 0 Å². The number of ether oxygens (including phenoxy) is 1. The minimum Gasteiger partial charge on any atom is -0.481 e. The summed E-state index contributed by atoms with van der Waals surface area (Å²) in [5.74, 6) is -0.810. The van der Waals surface area contributed by atoms with Crippen molar-refractivity contribution in [3.8, 4) is 0 Å². The second kappa shape index (κ2) is 6.15. The van der Waals surface area contributed by atoms with Crippen molar-refractivity contribution in [1.82, 2.24) is 10.2 Å². The van der Waals surface area contributed by atoms with Gasteiger partial charge in [0.15, 0.2) is 0 Å². The van der Waals surface area contributed by atoms with Crippen LogP contribution in [0.3, 0.4) is 0 Å². The molecule has 0 aromatic heterocycles. The Morgan fingerprint density at radius 1 is 1.44 bits per heavy atom. The molecule has 0 radical (unpaired) electrons. The third kappa shape index (κ3) is 3.20. The van der Waals surface area contributed by atoms with Crippen LogP contribution in [0.1, 0.15) is 19.3 Å². The first kappa shape index (κ1) is 13.3. The van der Waals surface area contributed by atoms with Gasteiger partial charge in [0.25, 0.3) is 0 Å². The Balaban J connectivity index is 1.98. The van der Waals surface area contributed by atoms with E-state index < -0.39 is 5.97 Å². The first-order chi connectivity index (χ1) is 8.68. The standard InChI is InChI=1S/C12H20N2O4/c15-11(16)6-10-8-18-5-4-14(10)12(17)9-2-1-3-13-7-9/h9-10,13H,1-8H2,(H,15,16)/t9-,10?/m0/s1. The molecule has 2 rings (SSSR count). The number of hydrogen-bond donors (Lipinski definition) is 2. The topological polar surface area (TPSA) is 78.9 Å². The van der Waals surface area contributed by atoms with Crippen LogP contribution >= 0.6 is 0 Å². The Kier molecular flexibility index (Phi) is 4.54. The SMILES string of the molecule is O=C(O)CC1COCCN1C(=O)[C@H]1CCCNC1. The number of carboxylic acid groups (broad SMARTS) is 1. The van der Waals surface area contributed by atoms with E-state index in [-0.39, 0.29) is 24.3 Å². The van der Waals surface area contributed by atoms with Gasteiger partial charge in [-0.2, -0.15) is 0 Å². The molecule has 0 aromatic rings. The maximum atomic E-state index is 12.4. The summed E-state index contributed by atoms with van der Waals surface area (Å²) in [5.41, 5.74) is 0. The number of rotatable bonds is 3. The molecule has 2 N–H and O–H groups in total. The molecular formula is C12H20N2O4. The number of piperidine rings is 1. The molecule has 2 aliphatic heterocycles. The van der Waals surface area contributed by atoms with E-state index in [0.29, 0.717) is 26.3 Å². The first-order valence-corrected chi connectivity index (χ1v) is 6.49. The lowest BCUT2D eigenvalue weighted by molar-refractivity contribution is -0.149.